The van der Waals surface area contributed by atoms with E-state index >= 15 is 0 Å². The minimum absolute atomic E-state index is 0.590. The van der Waals surface area contributed by atoms with Crippen LogP contribution in [0.1, 0.15) is 17.0 Å². The van der Waals surface area contributed by atoms with Crippen LogP contribution in [0.15, 0.2) is 36.4 Å². The van der Waals surface area contributed by atoms with E-state index in [1.807, 2.05) is 37.3 Å². The van der Waals surface area contributed by atoms with Crippen molar-refractivity contribution in [1.82, 2.24) is 4.98 Å². The maximum absolute atomic E-state index is 8.85. The van der Waals surface area contributed by atoms with Crippen molar-refractivity contribution in [3.63, 3.8) is 0 Å². The first kappa shape index (κ1) is 12.9. The van der Waals surface area contributed by atoms with Gasteiger partial charge in [0.05, 0.1) is 31.0 Å². The van der Waals surface area contributed by atoms with Crippen molar-refractivity contribution in [2.24, 2.45) is 0 Å². The highest BCUT2D eigenvalue weighted by Crippen LogP contribution is 2.15. The minimum atomic E-state index is 0.590. The monoisotopic (exact) mass is 253 g/mol. The molecule has 1 aromatic heterocycles. The van der Waals surface area contributed by atoms with Crippen LogP contribution in [0.4, 0.5) is 5.69 Å². The first-order valence-electron chi connectivity index (χ1n) is 5.97. The van der Waals surface area contributed by atoms with Gasteiger partial charge in [-0.2, -0.15) is 5.26 Å². The summed E-state index contributed by atoms with van der Waals surface area (Å²) in [6.07, 6.45) is 0. The van der Waals surface area contributed by atoms with E-state index in [2.05, 4.69) is 16.4 Å². The number of benzene rings is 1. The Bertz CT molecular complexity index is 617. The predicted molar refractivity (Wildman–Crippen MR) is 74.0 cm³/mol. The topological polar surface area (TPSA) is 57.9 Å². The normalized spacial score (nSPS) is 9.74. The Labute approximate surface area is 112 Å². The second kappa shape index (κ2) is 5.87. The van der Waals surface area contributed by atoms with E-state index in [-0.39, 0.29) is 0 Å². The van der Waals surface area contributed by atoms with Crippen LogP contribution in [-0.4, -0.2) is 12.1 Å². The number of hydrogen-bond acceptors (Lipinski definition) is 4. The number of ether oxygens (including phenoxy) is 1. The van der Waals surface area contributed by atoms with E-state index in [1.54, 1.807) is 13.2 Å². The number of hydrogen-bond donors (Lipinski definition) is 1. The smallest absolute Gasteiger partial charge is 0.122 e. The van der Waals surface area contributed by atoms with E-state index in [9.17, 15) is 0 Å². The molecule has 2 aromatic rings. The molecule has 4 heteroatoms. The zero-order chi connectivity index (χ0) is 13.7. The van der Waals surface area contributed by atoms with Gasteiger partial charge in [-0.15, -0.1) is 0 Å². The van der Waals surface area contributed by atoms with Crippen LogP contribution in [0.3, 0.4) is 0 Å². The Balaban J connectivity index is 2.10. The van der Waals surface area contributed by atoms with Crippen molar-refractivity contribution < 1.29 is 4.74 Å². The number of aryl methyl sites for hydroxylation is 1. The molecule has 0 aliphatic heterocycles. The molecule has 1 N–H and O–H groups in total. The molecule has 0 unspecified atom stereocenters. The molecule has 1 heterocycles. The number of anilines is 1. The van der Waals surface area contributed by atoms with Gasteiger partial charge in [0.2, 0.25) is 0 Å². The van der Waals surface area contributed by atoms with Gasteiger partial charge < -0.3 is 10.1 Å². The van der Waals surface area contributed by atoms with Gasteiger partial charge in [0.1, 0.15) is 5.75 Å². The number of methoxy groups -OCH3 is 1. The van der Waals surface area contributed by atoms with E-state index in [0.29, 0.717) is 12.1 Å². The average molecular weight is 253 g/mol. The van der Waals surface area contributed by atoms with Crippen LogP contribution < -0.4 is 10.1 Å². The summed E-state index contributed by atoms with van der Waals surface area (Å²) in [5, 5.41) is 12.1. The van der Waals surface area contributed by atoms with Gasteiger partial charge >= 0.3 is 0 Å². The zero-order valence-electron chi connectivity index (χ0n) is 11.0. The number of nitriles is 1. The molecule has 2 rings (SSSR count). The molecule has 0 atom stereocenters. The summed E-state index contributed by atoms with van der Waals surface area (Å²) in [4.78, 5) is 4.43. The SMILES string of the molecule is COc1cc(C)nc(CNc2cccc(C#N)c2)c1. The summed E-state index contributed by atoms with van der Waals surface area (Å²) >= 11 is 0. The zero-order valence-corrected chi connectivity index (χ0v) is 11.0. The summed E-state index contributed by atoms with van der Waals surface area (Å²) in [6.45, 7) is 2.52. The highest BCUT2D eigenvalue weighted by atomic mass is 16.5. The van der Waals surface area contributed by atoms with Gasteiger partial charge in [-0.25, -0.2) is 0 Å². The molecule has 19 heavy (non-hydrogen) atoms. The van der Waals surface area contributed by atoms with Crippen molar-refractivity contribution in [2.75, 3.05) is 12.4 Å². The van der Waals surface area contributed by atoms with Gasteiger partial charge in [0.15, 0.2) is 0 Å². The number of rotatable bonds is 4. The van der Waals surface area contributed by atoms with E-state index < -0.39 is 0 Å². The summed E-state index contributed by atoms with van der Waals surface area (Å²) < 4.78 is 5.21. The van der Waals surface area contributed by atoms with Gasteiger partial charge in [0, 0.05) is 23.5 Å². The highest BCUT2D eigenvalue weighted by molar-refractivity contribution is 5.49. The fraction of sp³-hybridized carbons (Fsp3) is 0.200. The van der Waals surface area contributed by atoms with Crippen molar-refractivity contribution in [3.05, 3.63) is 53.3 Å². The van der Waals surface area contributed by atoms with Gasteiger partial charge in [-0.05, 0) is 25.1 Å². The Morgan fingerprint density at radius 2 is 2.16 bits per heavy atom. The Morgan fingerprint density at radius 1 is 1.32 bits per heavy atom. The third-order valence-corrected chi connectivity index (χ3v) is 2.68. The molecule has 0 amide bonds. The summed E-state index contributed by atoms with van der Waals surface area (Å²) in [5.74, 6) is 0.801. The predicted octanol–water partition coefficient (Wildman–Crippen LogP) is 2.88. The van der Waals surface area contributed by atoms with Crippen LogP contribution in [0.2, 0.25) is 0 Å². The van der Waals surface area contributed by atoms with Crippen LogP contribution in [0, 0.1) is 18.3 Å². The quantitative estimate of drug-likeness (QED) is 0.910. The summed E-state index contributed by atoms with van der Waals surface area (Å²) in [6, 6.07) is 13.3. The lowest BCUT2D eigenvalue weighted by Gasteiger charge is -2.08. The maximum atomic E-state index is 8.85. The molecule has 0 saturated carbocycles. The fourth-order valence-electron chi connectivity index (χ4n) is 1.80. The maximum Gasteiger partial charge on any atom is 0.122 e. The van der Waals surface area contributed by atoms with Crippen LogP contribution in [-0.2, 0) is 6.54 Å². The summed E-state index contributed by atoms with van der Waals surface area (Å²) in [7, 11) is 1.64. The summed E-state index contributed by atoms with van der Waals surface area (Å²) in [5.41, 5.74) is 3.36. The standard InChI is InChI=1S/C15H15N3O/c1-11-6-15(19-2)8-14(18-11)10-17-13-5-3-4-12(7-13)9-16/h3-8,17H,10H2,1-2H3. The van der Waals surface area contributed by atoms with Crippen LogP contribution in [0.25, 0.3) is 0 Å². The molecule has 1 aromatic carbocycles. The molecular formula is C15H15N3O. The Morgan fingerprint density at radius 3 is 2.89 bits per heavy atom. The lowest BCUT2D eigenvalue weighted by atomic mass is 10.2. The van der Waals surface area contributed by atoms with Gasteiger partial charge in [-0.1, -0.05) is 6.07 Å². The van der Waals surface area contributed by atoms with Crippen LogP contribution in [0.5, 0.6) is 5.75 Å². The number of nitrogens with one attached hydrogen (secondary N) is 1. The Hall–Kier alpha value is -2.54. The first-order chi connectivity index (χ1) is 9.21. The van der Waals surface area contributed by atoms with E-state index in [1.165, 1.54) is 0 Å². The molecule has 0 bridgehead atoms. The number of pyridine rings is 1. The third kappa shape index (κ3) is 3.46. The third-order valence-electron chi connectivity index (χ3n) is 2.68. The second-order valence-corrected chi connectivity index (χ2v) is 4.19. The molecular weight excluding hydrogens is 238 g/mol. The molecule has 96 valence electrons. The second-order valence-electron chi connectivity index (χ2n) is 4.19. The van der Waals surface area contributed by atoms with Gasteiger partial charge in [-0.3, -0.25) is 4.98 Å². The minimum Gasteiger partial charge on any atom is -0.497 e. The molecule has 4 nitrogen and oxygen atoms in total. The van der Waals surface area contributed by atoms with E-state index in [0.717, 1.165) is 22.8 Å². The van der Waals surface area contributed by atoms with E-state index in [4.69, 9.17) is 10.00 Å². The number of aromatic nitrogens is 1. The van der Waals surface area contributed by atoms with Crippen LogP contribution >= 0.6 is 0 Å². The molecule has 0 fully saturated rings. The first-order valence-corrected chi connectivity index (χ1v) is 5.97. The average Bonchev–Trinajstić information content (AvgIpc) is 2.44. The van der Waals surface area contributed by atoms with Crippen molar-refractivity contribution >= 4 is 5.69 Å². The number of nitrogens with zero attached hydrogens (tertiary/aromatic N) is 2. The molecule has 0 aliphatic carbocycles. The molecule has 0 saturated heterocycles. The largest absolute Gasteiger partial charge is 0.497 e. The fourth-order valence-corrected chi connectivity index (χ4v) is 1.80. The lowest BCUT2D eigenvalue weighted by molar-refractivity contribution is 0.413. The lowest BCUT2D eigenvalue weighted by Crippen LogP contribution is -2.03. The van der Waals surface area contributed by atoms with Crippen molar-refractivity contribution in [3.8, 4) is 11.8 Å². The molecule has 0 spiro atoms. The van der Waals surface area contributed by atoms with Gasteiger partial charge in [0.25, 0.3) is 0 Å². The molecule has 0 aliphatic rings. The molecule has 0 radical (unpaired) electrons. The highest BCUT2D eigenvalue weighted by Gasteiger charge is 2.01. The Kier molecular flexibility index (Phi) is 3.99. The van der Waals surface area contributed by atoms with Crippen molar-refractivity contribution in [1.29, 1.82) is 5.26 Å². The van der Waals surface area contributed by atoms with Crippen molar-refractivity contribution in [2.45, 2.75) is 13.5 Å².